The molecule has 3 rings (SSSR count). The summed E-state index contributed by atoms with van der Waals surface area (Å²) >= 11 is 0. The Balaban J connectivity index is 1.68. The number of halogens is 1. The van der Waals surface area contributed by atoms with Crippen molar-refractivity contribution in [3.05, 3.63) is 71.0 Å². The number of rotatable bonds is 2. The molecule has 96 valence electrons. The van der Waals surface area contributed by atoms with E-state index in [4.69, 9.17) is 0 Å². The summed E-state index contributed by atoms with van der Waals surface area (Å²) in [6.07, 6.45) is 0.328. The number of carbonyl (C=O) groups excluding carboxylic acids is 1. The smallest absolute Gasteiger partial charge is 0.227 e. The number of benzene rings is 2. The van der Waals surface area contributed by atoms with Gasteiger partial charge < -0.3 is 4.90 Å². The maximum Gasteiger partial charge on any atom is 0.227 e. The van der Waals surface area contributed by atoms with Gasteiger partial charge in [0, 0.05) is 13.1 Å². The van der Waals surface area contributed by atoms with E-state index < -0.39 is 0 Å². The lowest BCUT2D eigenvalue weighted by Crippen LogP contribution is -2.26. The molecule has 1 heterocycles. The van der Waals surface area contributed by atoms with E-state index in [1.165, 1.54) is 23.3 Å². The summed E-state index contributed by atoms with van der Waals surface area (Å²) in [5.74, 6) is -0.187. The SMILES string of the molecule is O=C(Cc1ccc(F)cc1)N1Cc2ccccc2C1. The van der Waals surface area contributed by atoms with E-state index in [1.54, 1.807) is 12.1 Å². The predicted octanol–water partition coefficient (Wildman–Crippen LogP) is 2.91. The molecule has 2 aromatic carbocycles. The Morgan fingerprint density at radius 2 is 1.58 bits per heavy atom. The number of hydrogen-bond donors (Lipinski definition) is 0. The molecule has 0 atom stereocenters. The van der Waals surface area contributed by atoms with Crippen LogP contribution in [0.3, 0.4) is 0 Å². The van der Waals surface area contributed by atoms with E-state index >= 15 is 0 Å². The zero-order valence-electron chi connectivity index (χ0n) is 10.5. The van der Waals surface area contributed by atoms with Gasteiger partial charge in [-0.2, -0.15) is 0 Å². The highest BCUT2D eigenvalue weighted by Gasteiger charge is 2.22. The van der Waals surface area contributed by atoms with E-state index in [2.05, 4.69) is 12.1 Å². The highest BCUT2D eigenvalue weighted by Crippen LogP contribution is 2.22. The van der Waals surface area contributed by atoms with Gasteiger partial charge >= 0.3 is 0 Å². The van der Waals surface area contributed by atoms with Crippen molar-refractivity contribution in [2.24, 2.45) is 0 Å². The Bertz CT molecular complexity index is 581. The summed E-state index contributed by atoms with van der Waals surface area (Å²) in [7, 11) is 0. The second-order valence-electron chi connectivity index (χ2n) is 4.82. The van der Waals surface area contributed by atoms with Crippen LogP contribution in [-0.2, 0) is 24.3 Å². The molecule has 0 aromatic heterocycles. The average Bonchev–Trinajstić information content (AvgIpc) is 2.85. The summed E-state index contributed by atoms with van der Waals surface area (Å²) in [6, 6.07) is 14.2. The van der Waals surface area contributed by atoms with Gasteiger partial charge in [-0.3, -0.25) is 4.79 Å². The van der Waals surface area contributed by atoms with Gasteiger partial charge in [0.05, 0.1) is 6.42 Å². The van der Waals surface area contributed by atoms with Crippen LogP contribution in [0.25, 0.3) is 0 Å². The minimum absolute atomic E-state index is 0.0859. The number of fused-ring (bicyclic) bond motifs is 1. The molecule has 0 aliphatic carbocycles. The largest absolute Gasteiger partial charge is 0.334 e. The second kappa shape index (κ2) is 4.84. The first-order chi connectivity index (χ1) is 9.22. The Morgan fingerprint density at radius 3 is 2.16 bits per heavy atom. The van der Waals surface area contributed by atoms with Crippen LogP contribution in [-0.4, -0.2) is 10.8 Å². The summed E-state index contributed by atoms with van der Waals surface area (Å²) in [5.41, 5.74) is 3.28. The topological polar surface area (TPSA) is 20.3 Å². The lowest BCUT2D eigenvalue weighted by Gasteiger charge is -2.15. The maximum atomic E-state index is 12.8. The molecule has 19 heavy (non-hydrogen) atoms. The first-order valence-electron chi connectivity index (χ1n) is 6.31. The number of hydrogen-bond acceptors (Lipinski definition) is 1. The Hall–Kier alpha value is -2.16. The van der Waals surface area contributed by atoms with E-state index in [1.807, 2.05) is 17.0 Å². The Morgan fingerprint density at radius 1 is 1.00 bits per heavy atom. The minimum Gasteiger partial charge on any atom is -0.334 e. The molecule has 0 saturated heterocycles. The van der Waals surface area contributed by atoms with Crippen molar-refractivity contribution >= 4 is 5.91 Å². The molecule has 0 fully saturated rings. The van der Waals surface area contributed by atoms with E-state index in [-0.39, 0.29) is 11.7 Å². The molecule has 0 saturated carbocycles. The molecule has 1 aliphatic rings. The lowest BCUT2D eigenvalue weighted by molar-refractivity contribution is -0.131. The molecule has 0 spiro atoms. The maximum absolute atomic E-state index is 12.8. The fourth-order valence-corrected chi connectivity index (χ4v) is 2.40. The standard InChI is InChI=1S/C16H14FNO/c17-15-7-5-12(6-8-15)9-16(19)18-10-13-3-1-2-4-14(13)11-18/h1-8H,9-11H2. The van der Waals surface area contributed by atoms with Gasteiger partial charge in [0.1, 0.15) is 5.82 Å². The van der Waals surface area contributed by atoms with E-state index in [0.29, 0.717) is 19.5 Å². The van der Waals surface area contributed by atoms with E-state index in [9.17, 15) is 9.18 Å². The number of nitrogens with zero attached hydrogens (tertiary/aromatic N) is 1. The third-order valence-corrected chi connectivity index (χ3v) is 3.46. The zero-order valence-corrected chi connectivity index (χ0v) is 10.5. The van der Waals surface area contributed by atoms with Crippen LogP contribution >= 0.6 is 0 Å². The summed E-state index contributed by atoms with van der Waals surface area (Å²) in [5, 5.41) is 0. The Labute approximate surface area is 111 Å². The van der Waals surface area contributed by atoms with Crippen molar-refractivity contribution < 1.29 is 9.18 Å². The van der Waals surface area contributed by atoms with Crippen molar-refractivity contribution in [1.82, 2.24) is 4.90 Å². The molecule has 0 N–H and O–H groups in total. The van der Waals surface area contributed by atoms with Crippen molar-refractivity contribution in [2.45, 2.75) is 19.5 Å². The summed E-state index contributed by atoms with van der Waals surface area (Å²) in [6.45, 7) is 1.35. The van der Waals surface area contributed by atoms with Gasteiger partial charge in [-0.15, -0.1) is 0 Å². The molecule has 2 nitrogen and oxygen atoms in total. The van der Waals surface area contributed by atoms with Gasteiger partial charge in [0.2, 0.25) is 5.91 Å². The van der Waals surface area contributed by atoms with Crippen LogP contribution in [0.1, 0.15) is 16.7 Å². The fourth-order valence-electron chi connectivity index (χ4n) is 2.40. The highest BCUT2D eigenvalue weighted by atomic mass is 19.1. The van der Waals surface area contributed by atoms with Crippen LogP contribution in [0, 0.1) is 5.82 Å². The molecular formula is C16H14FNO. The van der Waals surface area contributed by atoms with Crippen molar-refractivity contribution in [2.75, 3.05) is 0 Å². The fraction of sp³-hybridized carbons (Fsp3) is 0.188. The van der Waals surface area contributed by atoms with Crippen molar-refractivity contribution in [3.63, 3.8) is 0 Å². The number of carbonyl (C=O) groups is 1. The number of amides is 1. The van der Waals surface area contributed by atoms with Gasteiger partial charge in [0.25, 0.3) is 0 Å². The predicted molar refractivity (Wildman–Crippen MR) is 70.8 cm³/mol. The molecule has 2 aromatic rings. The molecule has 0 bridgehead atoms. The van der Waals surface area contributed by atoms with Gasteiger partial charge in [-0.25, -0.2) is 4.39 Å². The summed E-state index contributed by atoms with van der Waals surface area (Å²) in [4.78, 5) is 14.0. The van der Waals surface area contributed by atoms with Crippen LogP contribution in [0.4, 0.5) is 4.39 Å². The van der Waals surface area contributed by atoms with Crippen LogP contribution in [0.15, 0.2) is 48.5 Å². The normalized spacial score (nSPS) is 13.4. The van der Waals surface area contributed by atoms with Gasteiger partial charge in [0.15, 0.2) is 0 Å². The third-order valence-electron chi connectivity index (χ3n) is 3.46. The quantitative estimate of drug-likeness (QED) is 0.808. The van der Waals surface area contributed by atoms with Gasteiger partial charge in [-0.1, -0.05) is 36.4 Å². The molecule has 1 aliphatic heterocycles. The van der Waals surface area contributed by atoms with Crippen molar-refractivity contribution in [3.8, 4) is 0 Å². The zero-order chi connectivity index (χ0) is 13.2. The van der Waals surface area contributed by atoms with Crippen LogP contribution in [0.5, 0.6) is 0 Å². The van der Waals surface area contributed by atoms with E-state index in [0.717, 1.165) is 5.56 Å². The van der Waals surface area contributed by atoms with Crippen molar-refractivity contribution in [1.29, 1.82) is 0 Å². The molecular weight excluding hydrogens is 241 g/mol. The Kier molecular flexibility index (Phi) is 3.03. The molecule has 0 unspecified atom stereocenters. The summed E-state index contributed by atoms with van der Waals surface area (Å²) < 4.78 is 12.8. The molecule has 3 heteroatoms. The first kappa shape index (κ1) is 11.9. The second-order valence-corrected chi connectivity index (χ2v) is 4.82. The third kappa shape index (κ3) is 2.50. The van der Waals surface area contributed by atoms with Crippen LogP contribution in [0.2, 0.25) is 0 Å². The average molecular weight is 255 g/mol. The highest BCUT2D eigenvalue weighted by molar-refractivity contribution is 5.79. The van der Waals surface area contributed by atoms with Crippen LogP contribution < -0.4 is 0 Å². The van der Waals surface area contributed by atoms with Gasteiger partial charge in [-0.05, 0) is 28.8 Å². The first-order valence-corrected chi connectivity index (χ1v) is 6.31. The minimum atomic E-state index is -0.273. The monoisotopic (exact) mass is 255 g/mol. The molecule has 1 amide bonds. The molecule has 0 radical (unpaired) electrons. The lowest BCUT2D eigenvalue weighted by atomic mass is 10.1.